The van der Waals surface area contributed by atoms with Crippen LogP contribution >= 0.6 is 22.6 Å². The number of nitro benzene ring substituents is 1. The number of non-ortho nitro benzene ring substituents is 1. The first-order chi connectivity index (χ1) is 11.9. The SMILES string of the molecule is C=c1[nH]n(-c2ccc(I)cc2)c(=O)/c1=C\c1cc([N+](=O)[O-])ccc1[O-]. The van der Waals surface area contributed by atoms with E-state index in [0.717, 1.165) is 21.8 Å². The Kier molecular flexibility index (Phi) is 4.45. The monoisotopic (exact) mass is 448 g/mol. The zero-order chi connectivity index (χ0) is 18.1. The lowest BCUT2D eigenvalue weighted by Crippen LogP contribution is -2.34. The van der Waals surface area contributed by atoms with Crippen molar-refractivity contribution < 1.29 is 10.0 Å². The van der Waals surface area contributed by atoms with E-state index in [2.05, 4.69) is 34.3 Å². The zero-order valence-corrected chi connectivity index (χ0v) is 14.9. The lowest BCUT2D eigenvalue weighted by Gasteiger charge is -2.08. The van der Waals surface area contributed by atoms with Crippen molar-refractivity contribution in [2.24, 2.45) is 0 Å². The summed E-state index contributed by atoms with van der Waals surface area (Å²) in [6.07, 6.45) is 1.32. The Morgan fingerprint density at radius 1 is 1.20 bits per heavy atom. The Hall–Kier alpha value is -2.88. The van der Waals surface area contributed by atoms with Gasteiger partial charge in [-0.2, -0.15) is 0 Å². The Morgan fingerprint density at radius 2 is 1.88 bits per heavy atom. The average molecular weight is 448 g/mol. The molecular weight excluding hydrogens is 437 g/mol. The Morgan fingerprint density at radius 3 is 2.52 bits per heavy atom. The predicted molar refractivity (Wildman–Crippen MR) is 100.0 cm³/mol. The number of benzene rings is 2. The van der Waals surface area contributed by atoms with Gasteiger partial charge in [-0.15, -0.1) is 5.75 Å². The van der Waals surface area contributed by atoms with E-state index in [4.69, 9.17) is 0 Å². The third-order valence-corrected chi connectivity index (χ3v) is 4.31. The molecule has 0 fully saturated rings. The van der Waals surface area contributed by atoms with Crippen LogP contribution in [0.2, 0.25) is 0 Å². The van der Waals surface area contributed by atoms with Crippen LogP contribution in [-0.4, -0.2) is 14.7 Å². The zero-order valence-electron chi connectivity index (χ0n) is 12.7. The van der Waals surface area contributed by atoms with Crippen LogP contribution in [0.5, 0.6) is 5.75 Å². The average Bonchev–Trinajstić information content (AvgIpc) is 2.85. The lowest BCUT2D eigenvalue weighted by atomic mass is 10.1. The van der Waals surface area contributed by atoms with Gasteiger partial charge in [-0.05, 0) is 58.5 Å². The quantitative estimate of drug-likeness (QED) is 0.367. The Labute approximate surface area is 154 Å². The molecule has 25 heavy (non-hydrogen) atoms. The molecule has 0 aliphatic heterocycles. The van der Waals surface area contributed by atoms with Crippen molar-refractivity contribution in [2.45, 2.75) is 0 Å². The van der Waals surface area contributed by atoms with E-state index in [-0.39, 0.29) is 16.5 Å². The van der Waals surface area contributed by atoms with Crippen molar-refractivity contribution in [2.75, 3.05) is 0 Å². The smallest absolute Gasteiger partial charge is 0.279 e. The minimum Gasteiger partial charge on any atom is -0.872 e. The molecule has 0 spiro atoms. The standard InChI is InChI=1S/C17H12IN3O4/c1-10-15(9-11-8-14(21(24)25)6-7-16(11)22)17(23)20(19-10)13-4-2-12(18)3-5-13/h2-9,19,22H,1H2/p-1/b15-9-. The molecule has 1 aromatic heterocycles. The fourth-order valence-corrected chi connectivity index (χ4v) is 2.69. The van der Waals surface area contributed by atoms with Crippen LogP contribution in [0.25, 0.3) is 18.3 Å². The second-order valence-corrected chi connectivity index (χ2v) is 6.49. The molecule has 0 saturated heterocycles. The maximum atomic E-state index is 12.6. The molecule has 0 aliphatic rings. The first-order valence-corrected chi connectivity index (χ1v) is 8.18. The van der Waals surface area contributed by atoms with E-state index >= 15 is 0 Å². The highest BCUT2D eigenvalue weighted by molar-refractivity contribution is 14.1. The highest BCUT2D eigenvalue weighted by Gasteiger charge is 2.08. The maximum Gasteiger partial charge on any atom is 0.279 e. The summed E-state index contributed by atoms with van der Waals surface area (Å²) in [5.41, 5.74) is 0.0726. The predicted octanol–water partition coefficient (Wildman–Crippen LogP) is 0.991. The molecule has 0 unspecified atom stereocenters. The van der Waals surface area contributed by atoms with Crippen molar-refractivity contribution in [3.63, 3.8) is 0 Å². The summed E-state index contributed by atoms with van der Waals surface area (Å²) in [5.74, 6) is -0.411. The summed E-state index contributed by atoms with van der Waals surface area (Å²) in [6, 6.07) is 10.6. The number of nitrogens with zero attached hydrogens (tertiary/aromatic N) is 2. The molecule has 0 amide bonds. The fourth-order valence-electron chi connectivity index (χ4n) is 2.33. The number of nitro groups is 1. The number of aromatic nitrogens is 2. The number of rotatable bonds is 3. The number of H-pyrrole nitrogens is 1. The minimum absolute atomic E-state index is 0.0601. The summed E-state index contributed by atoms with van der Waals surface area (Å²) >= 11 is 2.16. The molecule has 3 rings (SSSR count). The van der Waals surface area contributed by atoms with E-state index < -0.39 is 16.2 Å². The van der Waals surface area contributed by atoms with E-state index in [9.17, 15) is 20.0 Å². The van der Waals surface area contributed by atoms with Gasteiger partial charge in [-0.25, -0.2) is 4.68 Å². The number of nitrogens with one attached hydrogen (secondary N) is 1. The van der Waals surface area contributed by atoms with Gasteiger partial charge in [-0.1, -0.05) is 12.6 Å². The first kappa shape index (κ1) is 17.0. The van der Waals surface area contributed by atoms with Crippen LogP contribution in [0.1, 0.15) is 5.56 Å². The van der Waals surface area contributed by atoms with E-state index in [1.54, 1.807) is 12.1 Å². The number of hydrogen-bond acceptors (Lipinski definition) is 4. The lowest BCUT2D eigenvalue weighted by molar-refractivity contribution is -0.385. The Balaban J connectivity index is 2.19. The molecule has 0 bridgehead atoms. The van der Waals surface area contributed by atoms with Crippen molar-refractivity contribution in [3.8, 4) is 11.4 Å². The number of aromatic amines is 1. The third-order valence-electron chi connectivity index (χ3n) is 3.59. The molecule has 2 aromatic carbocycles. The van der Waals surface area contributed by atoms with Crippen molar-refractivity contribution in [1.29, 1.82) is 0 Å². The van der Waals surface area contributed by atoms with Gasteiger partial charge in [0, 0.05) is 15.7 Å². The molecule has 126 valence electrons. The van der Waals surface area contributed by atoms with Gasteiger partial charge >= 0.3 is 0 Å². The van der Waals surface area contributed by atoms with Gasteiger partial charge < -0.3 is 5.11 Å². The summed E-state index contributed by atoms with van der Waals surface area (Å²) < 4.78 is 2.33. The summed E-state index contributed by atoms with van der Waals surface area (Å²) in [4.78, 5) is 22.9. The van der Waals surface area contributed by atoms with Gasteiger partial charge in [-0.3, -0.25) is 20.0 Å². The topological polar surface area (TPSA) is 104 Å². The van der Waals surface area contributed by atoms with Gasteiger partial charge in [0.05, 0.1) is 21.2 Å². The van der Waals surface area contributed by atoms with Gasteiger partial charge in [0.15, 0.2) is 0 Å². The fraction of sp³-hybridized carbons (Fsp3) is 0. The van der Waals surface area contributed by atoms with Gasteiger partial charge in [0.2, 0.25) is 0 Å². The molecule has 3 aromatic rings. The van der Waals surface area contributed by atoms with Crippen LogP contribution < -0.4 is 21.2 Å². The molecule has 1 N–H and O–H groups in total. The van der Waals surface area contributed by atoms with Gasteiger partial charge in [0.25, 0.3) is 11.2 Å². The third kappa shape index (κ3) is 3.33. The van der Waals surface area contributed by atoms with Crippen LogP contribution in [-0.2, 0) is 0 Å². The van der Waals surface area contributed by atoms with E-state index in [0.29, 0.717) is 11.0 Å². The molecule has 0 aliphatic carbocycles. The molecule has 8 heteroatoms. The number of hydrogen-bond donors (Lipinski definition) is 1. The van der Waals surface area contributed by atoms with Crippen LogP contribution in [0.4, 0.5) is 5.69 Å². The van der Waals surface area contributed by atoms with Crippen LogP contribution in [0, 0.1) is 13.7 Å². The van der Waals surface area contributed by atoms with E-state index in [1.807, 2.05) is 12.1 Å². The highest BCUT2D eigenvalue weighted by Crippen LogP contribution is 2.21. The molecule has 7 nitrogen and oxygen atoms in total. The molecule has 0 radical (unpaired) electrons. The molecular formula is C17H11IN3O4-. The normalized spacial score (nSPS) is 11.6. The molecule has 1 heterocycles. The second-order valence-electron chi connectivity index (χ2n) is 5.24. The molecule has 0 atom stereocenters. The highest BCUT2D eigenvalue weighted by atomic mass is 127. The summed E-state index contributed by atoms with van der Waals surface area (Å²) in [5, 5.41) is 26.2. The Bertz CT molecular complexity index is 1130. The maximum absolute atomic E-state index is 12.6. The number of halogens is 1. The van der Waals surface area contributed by atoms with Crippen molar-refractivity contribution in [3.05, 3.63) is 82.6 Å². The first-order valence-electron chi connectivity index (χ1n) is 7.10. The summed E-state index contributed by atoms with van der Waals surface area (Å²) in [7, 11) is 0. The van der Waals surface area contributed by atoms with E-state index in [1.165, 1.54) is 10.8 Å². The second kappa shape index (κ2) is 6.55. The minimum atomic E-state index is -0.594. The van der Waals surface area contributed by atoms with Crippen molar-refractivity contribution >= 4 is 40.9 Å². The van der Waals surface area contributed by atoms with Gasteiger partial charge in [0.1, 0.15) is 0 Å². The van der Waals surface area contributed by atoms with Crippen molar-refractivity contribution in [1.82, 2.24) is 9.78 Å². The van der Waals surface area contributed by atoms with Crippen LogP contribution in [0.3, 0.4) is 0 Å². The van der Waals surface area contributed by atoms with Crippen LogP contribution in [0.15, 0.2) is 47.3 Å². The summed E-state index contributed by atoms with van der Waals surface area (Å²) in [6.45, 7) is 3.78. The molecule has 0 saturated carbocycles. The largest absolute Gasteiger partial charge is 0.872 e.